The zero-order valence-corrected chi connectivity index (χ0v) is 13.6. The van der Waals surface area contributed by atoms with Crippen molar-refractivity contribution in [3.63, 3.8) is 0 Å². The van der Waals surface area contributed by atoms with Gasteiger partial charge in [-0.05, 0) is 37.3 Å². The Labute approximate surface area is 143 Å². The number of rotatable bonds is 3. The van der Waals surface area contributed by atoms with E-state index in [0.29, 0.717) is 12.2 Å². The van der Waals surface area contributed by atoms with Crippen molar-refractivity contribution in [3.8, 4) is 22.4 Å². The van der Waals surface area contributed by atoms with Crippen molar-refractivity contribution in [2.45, 2.75) is 13.5 Å². The van der Waals surface area contributed by atoms with Gasteiger partial charge < -0.3 is 4.57 Å². The Hall–Kier alpha value is -3.28. The van der Waals surface area contributed by atoms with Crippen LogP contribution in [-0.4, -0.2) is 19.2 Å². The largest absolute Gasteiger partial charge is 0.315 e. The molecule has 4 aromatic rings. The first-order chi connectivity index (χ1) is 12.2. The van der Waals surface area contributed by atoms with Crippen LogP contribution in [0.1, 0.15) is 6.92 Å². The van der Waals surface area contributed by atoms with Gasteiger partial charge in [0, 0.05) is 47.9 Å². The Bertz CT molecular complexity index is 1110. The zero-order chi connectivity index (χ0) is 17.4. The molecule has 0 radical (unpaired) electrons. The van der Waals surface area contributed by atoms with Crippen molar-refractivity contribution in [2.24, 2.45) is 0 Å². The number of hydrogen-bond acceptors (Lipinski definition) is 3. The molecule has 0 saturated heterocycles. The van der Waals surface area contributed by atoms with Gasteiger partial charge in [-0.2, -0.15) is 5.10 Å². The molecule has 0 aliphatic heterocycles. The van der Waals surface area contributed by atoms with Gasteiger partial charge in [0.1, 0.15) is 11.5 Å². The first-order valence-electron chi connectivity index (χ1n) is 7.96. The summed E-state index contributed by atoms with van der Waals surface area (Å²) in [5.74, 6) is -0.296. The number of hydrogen-bond donors (Lipinski definition) is 0. The fraction of sp³-hybridized carbons (Fsp3) is 0.105. The van der Waals surface area contributed by atoms with Crippen LogP contribution < -0.4 is 5.56 Å². The molecule has 1 aromatic carbocycles. The molecule has 0 bridgehead atoms. The summed E-state index contributed by atoms with van der Waals surface area (Å²) in [5.41, 5.74) is 4.02. The lowest BCUT2D eigenvalue weighted by Gasteiger charge is -2.07. The maximum Gasteiger partial charge on any atom is 0.250 e. The van der Waals surface area contributed by atoms with Crippen LogP contribution >= 0.6 is 0 Å². The Morgan fingerprint density at radius 3 is 2.60 bits per heavy atom. The van der Waals surface area contributed by atoms with E-state index in [1.165, 1.54) is 12.1 Å². The maximum absolute atomic E-state index is 13.3. The van der Waals surface area contributed by atoms with Gasteiger partial charge in [0.05, 0.1) is 11.7 Å². The molecule has 0 saturated carbocycles. The molecular formula is C19H15FN4O. The van der Waals surface area contributed by atoms with Crippen LogP contribution in [0.3, 0.4) is 0 Å². The Kier molecular flexibility index (Phi) is 3.65. The topological polar surface area (TPSA) is 52.2 Å². The van der Waals surface area contributed by atoms with E-state index in [4.69, 9.17) is 0 Å². The summed E-state index contributed by atoms with van der Waals surface area (Å²) in [5, 5.41) is 4.63. The van der Waals surface area contributed by atoms with E-state index < -0.39 is 0 Å². The predicted octanol–water partition coefficient (Wildman–Crippen LogP) is 3.38. The van der Waals surface area contributed by atoms with Gasteiger partial charge >= 0.3 is 0 Å². The average molecular weight is 334 g/mol. The van der Waals surface area contributed by atoms with Crippen LogP contribution in [0.25, 0.3) is 27.9 Å². The standard InChI is InChI=1S/C19H15FN4O/c1-2-23-12-14(5-8-17(23)25)18-16-11-21-9-10-24(16)22-19(18)13-3-6-15(20)7-4-13/h3-12H,2H2,1H3. The van der Waals surface area contributed by atoms with Gasteiger partial charge in [-0.15, -0.1) is 0 Å². The minimum atomic E-state index is -0.296. The van der Waals surface area contributed by atoms with Crippen LogP contribution in [0.4, 0.5) is 4.39 Å². The SMILES string of the molecule is CCn1cc(-c2c(-c3ccc(F)cc3)nn3ccncc23)ccc1=O. The van der Waals surface area contributed by atoms with Crippen LogP contribution in [-0.2, 0) is 6.54 Å². The number of halogens is 1. The lowest BCUT2D eigenvalue weighted by Crippen LogP contribution is -2.17. The van der Waals surface area contributed by atoms with Gasteiger partial charge in [0.15, 0.2) is 0 Å². The van der Waals surface area contributed by atoms with Crippen molar-refractivity contribution < 1.29 is 4.39 Å². The molecule has 0 atom stereocenters. The smallest absolute Gasteiger partial charge is 0.250 e. The van der Waals surface area contributed by atoms with E-state index in [1.54, 1.807) is 51.9 Å². The highest BCUT2D eigenvalue weighted by Crippen LogP contribution is 2.34. The van der Waals surface area contributed by atoms with E-state index in [9.17, 15) is 9.18 Å². The molecule has 0 aliphatic rings. The van der Waals surface area contributed by atoms with Gasteiger partial charge in [-0.3, -0.25) is 9.78 Å². The van der Waals surface area contributed by atoms with E-state index in [0.717, 1.165) is 22.2 Å². The molecule has 124 valence electrons. The Morgan fingerprint density at radius 2 is 1.84 bits per heavy atom. The summed E-state index contributed by atoms with van der Waals surface area (Å²) in [7, 11) is 0. The second-order valence-corrected chi connectivity index (χ2v) is 5.68. The van der Waals surface area contributed by atoms with Crippen molar-refractivity contribution in [3.05, 3.63) is 77.4 Å². The molecular weight excluding hydrogens is 319 g/mol. The van der Waals surface area contributed by atoms with Crippen molar-refractivity contribution in [1.29, 1.82) is 0 Å². The van der Waals surface area contributed by atoms with Gasteiger partial charge in [0.2, 0.25) is 0 Å². The van der Waals surface area contributed by atoms with Crippen LogP contribution in [0.2, 0.25) is 0 Å². The summed E-state index contributed by atoms with van der Waals surface area (Å²) in [6.07, 6.45) is 6.98. The summed E-state index contributed by atoms with van der Waals surface area (Å²) in [6.45, 7) is 2.50. The van der Waals surface area contributed by atoms with Crippen molar-refractivity contribution in [2.75, 3.05) is 0 Å². The third kappa shape index (κ3) is 2.61. The monoisotopic (exact) mass is 334 g/mol. The van der Waals surface area contributed by atoms with Crippen LogP contribution in [0.15, 0.2) is 66.0 Å². The summed E-state index contributed by atoms with van der Waals surface area (Å²) >= 11 is 0. The van der Waals surface area contributed by atoms with Gasteiger partial charge in [-0.25, -0.2) is 8.91 Å². The van der Waals surface area contributed by atoms with Gasteiger partial charge in [0.25, 0.3) is 5.56 Å². The highest BCUT2D eigenvalue weighted by atomic mass is 19.1. The summed E-state index contributed by atoms with van der Waals surface area (Å²) < 4.78 is 16.7. The van der Waals surface area contributed by atoms with Crippen molar-refractivity contribution in [1.82, 2.24) is 19.2 Å². The Morgan fingerprint density at radius 1 is 1.08 bits per heavy atom. The number of fused-ring (bicyclic) bond motifs is 1. The third-order valence-electron chi connectivity index (χ3n) is 4.17. The number of nitrogens with zero attached hydrogens (tertiary/aromatic N) is 4. The second-order valence-electron chi connectivity index (χ2n) is 5.68. The molecule has 25 heavy (non-hydrogen) atoms. The molecule has 0 aliphatic carbocycles. The molecule has 0 unspecified atom stereocenters. The Balaban J connectivity index is 2.03. The highest BCUT2D eigenvalue weighted by Gasteiger charge is 2.17. The fourth-order valence-corrected chi connectivity index (χ4v) is 2.92. The predicted molar refractivity (Wildman–Crippen MR) is 93.8 cm³/mol. The third-order valence-corrected chi connectivity index (χ3v) is 4.17. The molecule has 3 aromatic heterocycles. The lowest BCUT2D eigenvalue weighted by molar-refractivity contribution is 0.628. The molecule has 3 heterocycles. The van der Waals surface area contributed by atoms with E-state index in [1.807, 2.05) is 13.1 Å². The molecule has 6 heteroatoms. The zero-order valence-electron chi connectivity index (χ0n) is 13.6. The lowest BCUT2D eigenvalue weighted by atomic mass is 10.0. The maximum atomic E-state index is 13.3. The number of benzene rings is 1. The van der Waals surface area contributed by atoms with Crippen molar-refractivity contribution >= 4 is 5.52 Å². The first kappa shape index (κ1) is 15.3. The molecule has 0 N–H and O–H groups in total. The average Bonchev–Trinajstić information content (AvgIpc) is 3.02. The van der Waals surface area contributed by atoms with Crippen LogP contribution in [0, 0.1) is 5.82 Å². The minimum Gasteiger partial charge on any atom is -0.315 e. The van der Waals surface area contributed by atoms with E-state index >= 15 is 0 Å². The highest BCUT2D eigenvalue weighted by molar-refractivity contribution is 5.91. The number of pyridine rings is 1. The molecule has 0 amide bonds. The minimum absolute atomic E-state index is 0.0517. The second kappa shape index (κ2) is 5.98. The quantitative estimate of drug-likeness (QED) is 0.577. The molecule has 4 rings (SSSR count). The number of aryl methyl sites for hydroxylation is 1. The fourth-order valence-electron chi connectivity index (χ4n) is 2.92. The normalized spacial score (nSPS) is 11.1. The molecule has 5 nitrogen and oxygen atoms in total. The van der Waals surface area contributed by atoms with Gasteiger partial charge in [-0.1, -0.05) is 0 Å². The first-order valence-corrected chi connectivity index (χ1v) is 7.96. The molecule has 0 spiro atoms. The summed E-state index contributed by atoms with van der Waals surface area (Å²) in [4.78, 5) is 16.1. The molecule has 0 fully saturated rings. The van der Waals surface area contributed by atoms with Crippen LogP contribution in [0.5, 0.6) is 0 Å². The van der Waals surface area contributed by atoms with E-state index in [-0.39, 0.29) is 11.4 Å². The number of aromatic nitrogens is 4. The van der Waals surface area contributed by atoms with E-state index in [2.05, 4.69) is 10.1 Å². The summed E-state index contributed by atoms with van der Waals surface area (Å²) in [6, 6.07) is 9.55.